The molecule has 0 aliphatic rings. The Balaban J connectivity index is 2.20. The van der Waals surface area contributed by atoms with Crippen molar-refractivity contribution in [1.82, 2.24) is 0 Å². The molecule has 0 aliphatic carbocycles. The fraction of sp³-hybridized carbons (Fsp3) is 0.200. The summed E-state index contributed by atoms with van der Waals surface area (Å²) in [6.45, 7) is 0. The van der Waals surface area contributed by atoms with Crippen LogP contribution in [0.4, 0.5) is 13.2 Å². The summed E-state index contributed by atoms with van der Waals surface area (Å²) in [7, 11) is 0. The molecule has 0 heterocycles. The monoisotopic (exact) mass is 333 g/mol. The summed E-state index contributed by atoms with van der Waals surface area (Å²) in [5, 5.41) is 0.818. The van der Waals surface area contributed by atoms with Gasteiger partial charge in [-0.3, -0.25) is 0 Å². The average molecular weight is 334 g/mol. The summed E-state index contributed by atoms with van der Waals surface area (Å²) >= 11 is 11.7. The standard InChI is InChI=1S/C15H12Cl2F3N/c16-12-5-4-9(6-13(12)17)7-14(21)10-2-1-3-11(8-10)15(18,19)20/h1-6,8,14H,7,21H2. The van der Waals surface area contributed by atoms with Gasteiger partial charge in [-0.2, -0.15) is 13.2 Å². The molecule has 0 fully saturated rings. The zero-order valence-corrected chi connectivity index (χ0v) is 12.3. The minimum Gasteiger partial charge on any atom is -0.324 e. The Hall–Kier alpha value is -1.23. The lowest BCUT2D eigenvalue weighted by Crippen LogP contribution is -2.15. The molecule has 21 heavy (non-hydrogen) atoms. The summed E-state index contributed by atoms with van der Waals surface area (Å²) in [5.41, 5.74) is 6.52. The molecule has 2 aromatic rings. The maximum atomic E-state index is 12.7. The lowest BCUT2D eigenvalue weighted by molar-refractivity contribution is -0.137. The molecule has 0 saturated heterocycles. The summed E-state index contributed by atoms with van der Waals surface area (Å²) in [6.07, 6.45) is -4.00. The molecular weight excluding hydrogens is 322 g/mol. The molecule has 0 aromatic heterocycles. The first-order valence-electron chi connectivity index (χ1n) is 6.14. The van der Waals surface area contributed by atoms with E-state index in [4.69, 9.17) is 28.9 Å². The number of nitrogens with two attached hydrogens (primary N) is 1. The summed E-state index contributed by atoms with van der Waals surface area (Å²) < 4.78 is 38.0. The molecule has 0 aliphatic heterocycles. The third kappa shape index (κ3) is 4.13. The van der Waals surface area contributed by atoms with Gasteiger partial charge in [-0.05, 0) is 41.8 Å². The second-order valence-electron chi connectivity index (χ2n) is 4.68. The molecule has 2 N–H and O–H groups in total. The summed E-state index contributed by atoms with van der Waals surface area (Å²) in [5.74, 6) is 0. The maximum absolute atomic E-state index is 12.7. The molecule has 112 valence electrons. The molecule has 0 amide bonds. The third-order valence-electron chi connectivity index (χ3n) is 3.08. The lowest BCUT2D eigenvalue weighted by Gasteiger charge is -2.15. The van der Waals surface area contributed by atoms with E-state index in [0.717, 1.165) is 17.7 Å². The van der Waals surface area contributed by atoms with Gasteiger partial charge < -0.3 is 5.73 Å². The van der Waals surface area contributed by atoms with Crippen LogP contribution in [0.5, 0.6) is 0 Å². The van der Waals surface area contributed by atoms with Crippen LogP contribution in [0.2, 0.25) is 10.0 Å². The highest BCUT2D eigenvalue weighted by Crippen LogP contribution is 2.31. The number of benzene rings is 2. The van der Waals surface area contributed by atoms with Gasteiger partial charge in [-0.15, -0.1) is 0 Å². The predicted octanol–water partition coefficient (Wildman–Crippen LogP) is 5.25. The molecular formula is C15H12Cl2F3N. The van der Waals surface area contributed by atoms with E-state index in [1.807, 2.05) is 0 Å². The molecule has 1 atom stereocenters. The van der Waals surface area contributed by atoms with Crippen molar-refractivity contribution in [2.45, 2.75) is 18.6 Å². The Morgan fingerprint density at radius 3 is 2.33 bits per heavy atom. The topological polar surface area (TPSA) is 26.0 Å². The van der Waals surface area contributed by atoms with Crippen molar-refractivity contribution < 1.29 is 13.2 Å². The lowest BCUT2D eigenvalue weighted by atomic mass is 9.98. The molecule has 6 heteroatoms. The molecule has 0 radical (unpaired) electrons. The number of hydrogen-bond acceptors (Lipinski definition) is 1. The van der Waals surface area contributed by atoms with E-state index in [2.05, 4.69) is 0 Å². The van der Waals surface area contributed by atoms with Gasteiger partial charge in [0.15, 0.2) is 0 Å². The zero-order valence-electron chi connectivity index (χ0n) is 10.8. The van der Waals surface area contributed by atoms with Crippen LogP contribution in [-0.4, -0.2) is 0 Å². The maximum Gasteiger partial charge on any atom is 0.416 e. The average Bonchev–Trinajstić information content (AvgIpc) is 2.42. The number of alkyl halides is 3. The van der Waals surface area contributed by atoms with Crippen molar-refractivity contribution >= 4 is 23.2 Å². The van der Waals surface area contributed by atoms with Crippen molar-refractivity contribution in [1.29, 1.82) is 0 Å². The van der Waals surface area contributed by atoms with E-state index in [-0.39, 0.29) is 0 Å². The van der Waals surface area contributed by atoms with Gasteiger partial charge in [0.1, 0.15) is 0 Å². The van der Waals surface area contributed by atoms with Crippen LogP contribution in [0.15, 0.2) is 42.5 Å². The van der Waals surface area contributed by atoms with Gasteiger partial charge in [0, 0.05) is 6.04 Å². The molecule has 0 bridgehead atoms. The van der Waals surface area contributed by atoms with Crippen molar-refractivity contribution in [3.63, 3.8) is 0 Å². The molecule has 2 aromatic carbocycles. The molecule has 0 spiro atoms. The number of rotatable bonds is 3. The van der Waals surface area contributed by atoms with Crippen LogP contribution < -0.4 is 5.73 Å². The molecule has 1 unspecified atom stereocenters. The fourth-order valence-electron chi connectivity index (χ4n) is 1.98. The SMILES string of the molecule is NC(Cc1ccc(Cl)c(Cl)c1)c1cccc(C(F)(F)F)c1. The van der Waals surface area contributed by atoms with Crippen molar-refractivity contribution in [3.8, 4) is 0 Å². The quantitative estimate of drug-likeness (QED) is 0.815. The van der Waals surface area contributed by atoms with Gasteiger partial charge >= 0.3 is 6.18 Å². The largest absolute Gasteiger partial charge is 0.416 e. The van der Waals surface area contributed by atoms with E-state index in [0.29, 0.717) is 22.0 Å². The van der Waals surface area contributed by atoms with Crippen LogP contribution in [0.25, 0.3) is 0 Å². The summed E-state index contributed by atoms with van der Waals surface area (Å²) in [4.78, 5) is 0. The minimum atomic E-state index is -4.38. The Bertz CT molecular complexity index is 641. The third-order valence-corrected chi connectivity index (χ3v) is 3.82. The Labute approximate surface area is 130 Å². The van der Waals surface area contributed by atoms with E-state index in [1.54, 1.807) is 24.3 Å². The molecule has 2 rings (SSSR count). The first-order chi connectivity index (χ1) is 9.77. The van der Waals surface area contributed by atoms with Crippen LogP contribution in [0.3, 0.4) is 0 Å². The first-order valence-corrected chi connectivity index (χ1v) is 6.89. The van der Waals surface area contributed by atoms with E-state index >= 15 is 0 Å². The van der Waals surface area contributed by atoms with Crippen LogP contribution in [0, 0.1) is 0 Å². The van der Waals surface area contributed by atoms with Crippen molar-refractivity contribution in [3.05, 3.63) is 69.2 Å². The summed E-state index contributed by atoms with van der Waals surface area (Å²) in [6, 6.07) is 9.53. The molecule has 0 saturated carbocycles. The highest BCUT2D eigenvalue weighted by Gasteiger charge is 2.30. The normalized spacial score (nSPS) is 13.2. The van der Waals surface area contributed by atoms with Gasteiger partial charge in [0.05, 0.1) is 15.6 Å². The highest BCUT2D eigenvalue weighted by molar-refractivity contribution is 6.42. The van der Waals surface area contributed by atoms with Crippen molar-refractivity contribution in [2.75, 3.05) is 0 Å². The van der Waals surface area contributed by atoms with Gasteiger partial charge in [0.25, 0.3) is 0 Å². The van der Waals surface area contributed by atoms with Gasteiger partial charge in [0.2, 0.25) is 0 Å². The number of hydrogen-bond donors (Lipinski definition) is 1. The van der Waals surface area contributed by atoms with Gasteiger partial charge in [-0.25, -0.2) is 0 Å². The van der Waals surface area contributed by atoms with Crippen molar-refractivity contribution in [2.24, 2.45) is 5.73 Å². The predicted molar refractivity (Wildman–Crippen MR) is 78.5 cm³/mol. The Morgan fingerprint density at radius 1 is 1.00 bits per heavy atom. The van der Waals surface area contributed by atoms with Crippen LogP contribution in [0.1, 0.15) is 22.7 Å². The van der Waals surface area contributed by atoms with Crippen LogP contribution >= 0.6 is 23.2 Å². The number of halogens is 5. The Morgan fingerprint density at radius 2 is 1.71 bits per heavy atom. The fourth-order valence-corrected chi connectivity index (χ4v) is 2.30. The smallest absolute Gasteiger partial charge is 0.324 e. The minimum absolute atomic E-state index is 0.373. The first kappa shape index (κ1) is 16.1. The van der Waals surface area contributed by atoms with Crippen LogP contribution in [-0.2, 0) is 12.6 Å². The Kier molecular flexibility index (Phi) is 4.81. The van der Waals surface area contributed by atoms with E-state index in [9.17, 15) is 13.2 Å². The van der Waals surface area contributed by atoms with E-state index in [1.165, 1.54) is 6.07 Å². The zero-order chi connectivity index (χ0) is 15.6. The second kappa shape index (κ2) is 6.26. The second-order valence-corrected chi connectivity index (χ2v) is 5.50. The van der Waals surface area contributed by atoms with E-state index < -0.39 is 17.8 Å². The molecule has 1 nitrogen and oxygen atoms in total. The van der Waals surface area contributed by atoms with Gasteiger partial charge in [-0.1, -0.05) is 41.4 Å². The highest BCUT2D eigenvalue weighted by atomic mass is 35.5.